The van der Waals surface area contributed by atoms with E-state index in [-0.39, 0.29) is 0 Å². The minimum atomic E-state index is 0.302. The molecule has 0 amide bonds. The van der Waals surface area contributed by atoms with Gasteiger partial charge in [-0.3, -0.25) is 0 Å². The molecule has 0 aliphatic heterocycles. The van der Waals surface area contributed by atoms with Crippen molar-refractivity contribution in [1.29, 1.82) is 0 Å². The fourth-order valence-corrected chi connectivity index (χ4v) is 2.19. The Kier molecular flexibility index (Phi) is 5.19. The number of benzene rings is 2. The first-order valence-corrected chi connectivity index (χ1v) is 7.18. The normalized spacial score (nSPS) is 12.2. The average Bonchev–Trinajstić information content (AvgIpc) is 2.53. The Labute approximate surface area is 121 Å². The van der Waals surface area contributed by atoms with E-state index in [0.29, 0.717) is 6.04 Å². The molecule has 106 valence electrons. The highest BCUT2D eigenvalue weighted by atomic mass is 16.5. The number of aryl methyl sites for hydroxylation is 1. The van der Waals surface area contributed by atoms with Crippen molar-refractivity contribution < 1.29 is 4.74 Å². The van der Waals surface area contributed by atoms with Gasteiger partial charge in [0, 0.05) is 12.6 Å². The number of rotatable bonds is 6. The zero-order valence-electron chi connectivity index (χ0n) is 12.5. The lowest BCUT2D eigenvalue weighted by Crippen LogP contribution is -2.18. The maximum atomic E-state index is 5.27. The quantitative estimate of drug-likeness (QED) is 0.852. The first-order chi connectivity index (χ1) is 9.72. The minimum absolute atomic E-state index is 0.302. The zero-order chi connectivity index (χ0) is 14.4. The first-order valence-electron chi connectivity index (χ1n) is 7.18. The second-order valence-electron chi connectivity index (χ2n) is 5.05. The van der Waals surface area contributed by atoms with Crippen LogP contribution in [-0.2, 0) is 13.0 Å². The van der Waals surface area contributed by atoms with E-state index in [1.165, 1.54) is 16.7 Å². The van der Waals surface area contributed by atoms with Crippen LogP contribution in [0.1, 0.15) is 36.6 Å². The van der Waals surface area contributed by atoms with Gasteiger partial charge in [-0.1, -0.05) is 43.3 Å². The third-order valence-corrected chi connectivity index (χ3v) is 3.64. The SMILES string of the molecule is CCc1ccc(CN[C@H](C)c2cccc(OC)c2)cc1. The van der Waals surface area contributed by atoms with Crippen molar-refractivity contribution >= 4 is 0 Å². The molecule has 0 aliphatic carbocycles. The highest BCUT2D eigenvalue weighted by Gasteiger charge is 2.05. The predicted molar refractivity (Wildman–Crippen MR) is 84.1 cm³/mol. The molecule has 1 N–H and O–H groups in total. The van der Waals surface area contributed by atoms with Crippen LogP contribution in [-0.4, -0.2) is 7.11 Å². The summed E-state index contributed by atoms with van der Waals surface area (Å²) in [5, 5.41) is 3.55. The van der Waals surface area contributed by atoms with Crippen LogP contribution in [0.15, 0.2) is 48.5 Å². The highest BCUT2D eigenvalue weighted by Crippen LogP contribution is 2.19. The lowest BCUT2D eigenvalue weighted by Gasteiger charge is -2.15. The number of ether oxygens (including phenoxy) is 1. The van der Waals surface area contributed by atoms with Crippen molar-refractivity contribution in [3.05, 3.63) is 65.2 Å². The van der Waals surface area contributed by atoms with Crippen LogP contribution < -0.4 is 10.1 Å². The molecule has 2 heteroatoms. The molecule has 0 fully saturated rings. The molecule has 0 radical (unpaired) electrons. The Morgan fingerprint density at radius 1 is 1.05 bits per heavy atom. The van der Waals surface area contributed by atoms with Crippen LogP contribution in [0.2, 0.25) is 0 Å². The topological polar surface area (TPSA) is 21.3 Å². The molecular weight excluding hydrogens is 246 g/mol. The standard InChI is InChI=1S/C18H23NO/c1-4-15-8-10-16(11-9-15)13-19-14(2)17-6-5-7-18(12-17)20-3/h5-12,14,19H,4,13H2,1-3H3/t14-/m1/s1. The molecule has 2 aromatic rings. The largest absolute Gasteiger partial charge is 0.497 e. The van der Waals surface area contributed by atoms with Crippen molar-refractivity contribution in [2.45, 2.75) is 32.9 Å². The van der Waals surface area contributed by atoms with Crippen molar-refractivity contribution in [3.63, 3.8) is 0 Å². The van der Waals surface area contributed by atoms with Gasteiger partial charge in [-0.25, -0.2) is 0 Å². The molecule has 2 nitrogen and oxygen atoms in total. The van der Waals surface area contributed by atoms with E-state index in [2.05, 4.69) is 55.6 Å². The summed E-state index contributed by atoms with van der Waals surface area (Å²) in [6.45, 7) is 5.23. The summed E-state index contributed by atoms with van der Waals surface area (Å²) < 4.78 is 5.27. The van der Waals surface area contributed by atoms with Crippen molar-refractivity contribution in [3.8, 4) is 5.75 Å². The third kappa shape index (κ3) is 3.84. The van der Waals surface area contributed by atoms with Crippen LogP contribution >= 0.6 is 0 Å². The third-order valence-electron chi connectivity index (χ3n) is 3.64. The van der Waals surface area contributed by atoms with Gasteiger partial charge in [0.25, 0.3) is 0 Å². The van der Waals surface area contributed by atoms with Crippen LogP contribution in [0.25, 0.3) is 0 Å². The lowest BCUT2D eigenvalue weighted by molar-refractivity contribution is 0.413. The van der Waals surface area contributed by atoms with Gasteiger partial charge in [-0.15, -0.1) is 0 Å². The Morgan fingerprint density at radius 2 is 1.75 bits per heavy atom. The predicted octanol–water partition coefficient (Wildman–Crippen LogP) is 4.11. The van der Waals surface area contributed by atoms with Gasteiger partial charge in [0.05, 0.1) is 7.11 Å². The fourth-order valence-electron chi connectivity index (χ4n) is 2.19. The molecule has 1 atom stereocenters. The number of hydrogen-bond acceptors (Lipinski definition) is 2. The van der Waals surface area contributed by atoms with Crippen LogP contribution in [0, 0.1) is 0 Å². The summed E-state index contributed by atoms with van der Waals surface area (Å²) in [5.74, 6) is 0.906. The molecule has 0 aliphatic rings. The van der Waals surface area contributed by atoms with Gasteiger partial charge in [0.15, 0.2) is 0 Å². The molecule has 2 aromatic carbocycles. The maximum absolute atomic E-state index is 5.27. The summed E-state index contributed by atoms with van der Waals surface area (Å²) in [6.07, 6.45) is 1.09. The van der Waals surface area contributed by atoms with E-state index < -0.39 is 0 Å². The average molecular weight is 269 g/mol. The number of methoxy groups -OCH3 is 1. The molecule has 0 saturated carbocycles. The summed E-state index contributed by atoms with van der Waals surface area (Å²) in [5.41, 5.74) is 3.95. The zero-order valence-corrected chi connectivity index (χ0v) is 12.5. The van der Waals surface area contributed by atoms with E-state index in [9.17, 15) is 0 Å². The monoisotopic (exact) mass is 269 g/mol. The van der Waals surface area contributed by atoms with E-state index in [4.69, 9.17) is 4.74 Å². The molecule has 0 heterocycles. The number of nitrogens with one attached hydrogen (secondary N) is 1. The van der Waals surface area contributed by atoms with Crippen molar-refractivity contribution in [2.24, 2.45) is 0 Å². The molecule has 2 rings (SSSR count). The number of hydrogen-bond donors (Lipinski definition) is 1. The Balaban J connectivity index is 1.95. The van der Waals surface area contributed by atoms with Gasteiger partial charge in [0.1, 0.15) is 5.75 Å². The van der Waals surface area contributed by atoms with Crippen molar-refractivity contribution in [2.75, 3.05) is 7.11 Å². The molecule has 0 aromatic heterocycles. The van der Waals surface area contributed by atoms with Gasteiger partial charge < -0.3 is 10.1 Å². The second-order valence-corrected chi connectivity index (χ2v) is 5.05. The summed E-state index contributed by atoms with van der Waals surface area (Å²) in [7, 11) is 1.70. The van der Waals surface area contributed by atoms with Crippen LogP contribution in [0.3, 0.4) is 0 Å². The molecule has 0 spiro atoms. The van der Waals surface area contributed by atoms with Gasteiger partial charge in [-0.05, 0) is 42.2 Å². The van der Waals surface area contributed by atoms with E-state index in [1.807, 2.05) is 12.1 Å². The fraction of sp³-hybridized carbons (Fsp3) is 0.333. The summed E-state index contributed by atoms with van der Waals surface area (Å²) in [4.78, 5) is 0. The molecular formula is C18H23NO. The smallest absolute Gasteiger partial charge is 0.119 e. The van der Waals surface area contributed by atoms with Gasteiger partial charge in [0.2, 0.25) is 0 Å². The maximum Gasteiger partial charge on any atom is 0.119 e. The van der Waals surface area contributed by atoms with Gasteiger partial charge >= 0.3 is 0 Å². The van der Waals surface area contributed by atoms with Crippen LogP contribution in [0.4, 0.5) is 0 Å². The first kappa shape index (κ1) is 14.6. The minimum Gasteiger partial charge on any atom is -0.497 e. The second kappa shape index (κ2) is 7.11. The van der Waals surface area contributed by atoms with Crippen LogP contribution in [0.5, 0.6) is 5.75 Å². The Bertz CT molecular complexity index is 533. The highest BCUT2D eigenvalue weighted by molar-refractivity contribution is 5.30. The molecule has 0 bridgehead atoms. The Hall–Kier alpha value is -1.80. The molecule has 20 heavy (non-hydrogen) atoms. The van der Waals surface area contributed by atoms with E-state index >= 15 is 0 Å². The lowest BCUT2D eigenvalue weighted by atomic mass is 10.1. The molecule has 0 unspecified atom stereocenters. The van der Waals surface area contributed by atoms with Gasteiger partial charge in [-0.2, -0.15) is 0 Å². The summed E-state index contributed by atoms with van der Waals surface area (Å²) in [6, 6.07) is 17.3. The summed E-state index contributed by atoms with van der Waals surface area (Å²) >= 11 is 0. The van der Waals surface area contributed by atoms with Crippen molar-refractivity contribution in [1.82, 2.24) is 5.32 Å². The Morgan fingerprint density at radius 3 is 2.40 bits per heavy atom. The van der Waals surface area contributed by atoms with E-state index in [0.717, 1.165) is 18.7 Å². The van der Waals surface area contributed by atoms with E-state index in [1.54, 1.807) is 7.11 Å². The molecule has 0 saturated heterocycles.